The van der Waals surface area contributed by atoms with Gasteiger partial charge in [-0.15, -0.1) is 0 Å². The molecular weight excluding hydrogens is 480 g/mol. The zero-order valence-corrected chi connectivity index (χ0v) is 21.3. The fourth-order valence-electron chi connectivity index (χ4n) is 4.48. The number of esters is 1. The second-order valence-electron chi connectivity index (χ2n) is 8.94. The van der Waals surface area contributed by atoms with Gasteiger partial charge in [0, 0.05) is 42.9 Å². The Bertz CT molecular complexity index is 1400. The molecule has 38 heavy (non-hydrogen) atoms. The Morgan fingerprint density at radius 3 is 2.32 bits per heavy atom. The number of ether oxygens (including phenoxy) is 2. The van der Waals surface area contributed by atoms with E-state index >= 15 is 0 Å². The molecule has 3 aromatic carbocycles. The van der Waals surface area contributed by atoms with Crippen LogP contribution in [0.2, 0.25) is 0 Å². The number of rotatable bonds is 8. The zero-order chi connectivity index (χ0) is 26.3. The summed E-state index contributed by atoms with van der Waals surface area (Å²) in [7, 11) is 0. The van der Waals surface area contributed by atoms with E-state index in [4.69, 9.17) is 14.5 Å². The van der Waals surface area contributed by atoms with Crippen LogP contribution in [0.5, 0.6) is 5.75 Å². The highest BCUT2D eigenvalue weighted by Crippen LogP contribution is 2.27. The number of amides is 1. The van der Waals surface area contributed by atoms with Crippen LogP contribution in [0.15, 0.2) is 84.9 Å². The molecule has 1 aliphatic rings. The van der Waals surface area contributed by atoms with E-state index in [-0.39, 0.29) is 12.5 Å². The minimum absolute atomic E-state index is 0.166. The lowest BCUT2D eigenvalue weighted by Gasteiger charge is -2.36. The van der Waals surface area contributed by atoms with E-state index in [0.29, 0.717) is 23.6 Å². The Labute approximate surface area is 221 Å². The fourth-order valence-corrected chi connectivity index (χ4v) is 4.48. The lowest BCUT2D eigenvalue weighted by Crippen LogP contribution is -2.46. The van der Waals surface area contributed by atoms with E-state index in [1.165, 1.54) is 5.69 Å². The number of fused-ring (bicyclic) bond motifs is 1. The molecule has 5 rings (SSSR count). The van der Waals surface area contributed by atoms with Crippen LogP contribution < -0.4 is 19.9 Å². The maximum Gasteiger partial charge on any atom is 0.338 e. The van der Waals surface area contributed by atoms with Gasteiger partial charge in [0.15, 0.2) is 6.61 Å². The van der Waals surface area contributed by atoms with E-state index < -0.39 is 5.97 Å². The molecule has 0 radical (unpaired) electrons. The predicted molar refractivity (Wildman–Crippen MR) is 149 cm³/mol. The number of hydrogen-bond acceptors (Lipinski definition) is 7. The highest BCUT2D eigenvalue weighted by molar-refractivity contribution is 5.94. The fraction of sp³-hybridized carbons (Fsp3) is 0.233. The lowest BCUT2D eigenvalue weighted by molar-refractivity contribution is -0.118. The smallest absolute Gasteiger partial charge is 0.338 e. The molecule has 1 amide bonds. The van der Waals surface area contributed by atoms with Gasteiger partial charge in [-0.1, -0.05) is 30.3 Å². The Balaban J connectivity index is 1.21. The summed E-state index contributed by atoms with van der Waals surface area (Å²) in [4.78, 5) is 33.9. The van der Waals surface area contributed by atoms with Crippen LogP contribution in [0.1, 0.15) is 17.3 Å². The number of hydrogen-bond donors (Lipinski definition) is 1. The number of piperazine rings is 1. The molecule has 1 saturated heterocycles. The largest absolute Gasteiger partial charge is 0.481 e. The van der Waals surface area contributed by atoms with Crippen LogP contribution >= 0.6 is 0 Å². The molecule has 194 valence electrons. The van der Waals surface area contributed by atoms with Crippen molar-refractivity contribution in [2.45, 2.75) is 6.92 Å². The summed E-state index contributed by atoms with van der Waals surface area (Å²) in [5.41, 5.74) is 2.96. The first kappa shape index (κ1) is 25.1. The number of carbonyl (C=O) groups excluding carboxylic acids is 2. The van der Waals surface area contributed by atoms with Crippen LogP contribution in [0, 0.1) is 0 Å². The minimum atomic E-state index is -0.394. The molecule has 0 saturated carbocycles. The third-order valence-corrected chi connectivity index (χ3v) is 6.43. The third-order valence-electron chi connectivity index (χ3n) is 6.43. The first-order chi connectivity index (χ1) is 18.6. The molecule has 1 aromatic heterocycles. The topological polar surface area (TPSA) is 84.0 Å². The molecule has 8 heteroatoms. The zero-order valence-electron chi connectivity index (χ0n) is 21.3. The number of aromatic nitrogens is 1. The van der Waals surface area contributed by atoms with E-state index in [1.54, 1.807) is 31.2 Å². The molecule has 0 atom stereocenters. The summed E-state index contributed by atoms with van der Waals surface area (Å²) in [5, 5.41) is 3.74. The van der Waals surface area contributed by atoms with Crippen LogP contribution in [0.4, 0.5) is 17.2 Å². The average molecular weight is 511 g/mol. The number of carbonyl (C=O) groups is 2. The molecule has 1 aliphatic heterocycles. The van der Waals surface area contributed by atoms with Gasteiger partial charge in [0.05, 0.1) is 12.2 Å². The number of pyridine rings is 1. The van der Waals surface area contributed by atoms with Gasteiger partial charge in [0.1, 0.15) is 17.1 Å². The van der Waals surface area contributed by atoms with Gasteiger partial charge >= 0.3 is 5.97 Å². The summed E-state index contributed by atoms with van der Waals surface area (Å²) in [6, 6.07) is 26.8. The summed E-state index contributed by atoms with van der Waals surface area (Å²) in [5.74, 6) is 0.751. The Kier molecular flexibility index (Phi) is 7.68. The van der Waals surface area contributed by atoms with Crippen molar-refractivity contribution in [3.8, 4) is 5.75 Å². The highest BCUT2D eigenvalue weighted by Gasteiger charge is 2.19. The molecule has 4 aromatic rings. The second kappa shape index (κ2) is 11.6. The lowest BCUT2D eigenvalue weighted by atomic mass is 10.2. The minimum Gasteiger partial charge on any atom is -0.481 e. The van der Waals surface area contributed by atoms with E-state index in [9.17, 15) is 9.59 Å². The van der Waals surface area contributed by atoms with Gasteiger partial charge in [-0.25, -0.2) is 9.78 Å². The van der Waals surface area contributed by atoms with Gasteiger partial charge in [0.25, 0.3) is 5.91 Å². The third kappa shape index (κ3) is 5.86. The van der Waals surface area contributed by atoms with E-state index in [1.807, 2.05) is 36.4 Å². The first-order valence-corrected chi connectivity index (χ1v) is 12.8. The quantitative estimate of drug-likeness (QED) is 0.342. The molecule has 0 aliphatic carbocycles. The van der Waals surface area contributed by atoms with Crippen molar-refractivity contribution in [3.63, 3.8) is 0 Å². The number of para-hydroxylation sites is 2. The maximum atomic E-state index is 12.5. The van der Waals surface area contributed by atoms with Crippen LogP contribution in [0.25, 0.3) is 10.9 Å². The average Bonchev–Trinajstić information content (AvgIpc) is 2.97. The maximum absolute atomic E-state index is 12.5. The number of nitrogens with zero attached hydrogens (tertiary/aromatic N) is 3. The molecule has 1 fully saturated rings. The Morgan fingerprint density at radius 1 is 0.842 bits per heavy atom. The number of nitrogens with one attached hydrogen (secondary N) is 1. The SMILES string of the molecule is CCOC(=O)c1ccc(NC(=O)COc2cccc3ccc(N4CCN(c5ccccc5)CC4)nc23)cc1. The van der Waals surface area contributed by atoms with E-state index in [2.05, 4.69) is 39.4 Å². The van der Waals surface area contributed by atoms with Gasteiger partial charge in [-0.2, -0.15) is 0 Å². The summed E-state index contributed by atoms with van der Waals surface area (Å²) in [6.07, 6.45) is 0. The van der Waals surface area contributed by atoms with Crippen molar-refractivity contribution in [1.82, 2.24) is 4.98 Å². The van der Waals surface area contributed by atoms with E-state index in [0.717, 1.165) is 42.9 Å². The molecule has 8 nitrogen and oxygen atoms in total. The second-order valence-corrected chi connectivity index (χ2v) is 8.94. The van der Waals surface area contributed by atoms with Crippen molar-refractivity contribution >= 4 is 40.0 Å². The van der Waals surface area contributed by atoms with Gasteiger partial charge in [-0.3, -0.25) is 4.79 Å². The number of benzene rings is 3. The molecule has 2 heterocycles. The molecule has 0 unspecified atom stereocenters. The Morgan fingerprint density at radius 2 is 1.58 bits per heavy atom. The van der Waals surface area contributed by atoms with Crippen molar-refractivity contribution in [1.29, 1.82) is 0 Å². The monoisotopic (exact) mass is 510 g/mol. The first-order valence-electron chi connectivity index (χ1n) is 12.8. The van der Waals surface area contributed by atoms with Gasteiger partial charge in [-0.05, 0) is 61.5 Å². The van der Waals surface area contributed by atoms with Crippen LogP contribution in [0.3, 0.4) is 0 Å². The van der Waals surface area contributed by atoms with Crippen LogP contribution in [-0.4, -0.2) is 56.3 Å². The summed E-state index contributed by atoms with van der Waals surface area (Å²) in [6.45, 7) is 5.48. The molecular formula is C30H30N4O4. The highest BCUT2D eigenvalue weighted by atomic mass is 16.5. The van der Waals surface area contributed by atoms with Gasteiger partial charge < -0.3 is 24.6 Å². The summed E-state index contributed by atoms with van der Waals surface area (Å²) < 4.78 is 10.9. The summed E-state index contributed by atoms with van der Waals surface area (Å²) >= 11 is 0. The van der Waals surface area contributed by atoms with Crippen molar-refractivity contribution in [3.05, 3.63) is 90.5 Å². The predicted octanol–water partition coefficient (Wildman–Crippen LogP) is 4.76. The molecule has 0 bridgehead atoms. The van der Waals surface area contributed by atoms with Crippen LogP contribution in [-0.2, 0) is 9.53 Å². The molecule has 1 N–H and O–H groups in total. The number of anilines is 3. The normalized spacial score (nSPS) is 13.3. The van der Waals surface area contributed by atoms with Crippen molar-refractivity contribution < 1.29 is 19.1 Å². The Hall–Kier alpha value is -4.59. The van der Waals surface area contributed by atoms with Crippen molar-refractivity contribution in [2.75, 3.05) is 54.5 Å². The van der Waals surface area contributed by atoms with Crippen molar-refractivity contribution in [2.24, 2.45) is 0 Å². The molecule has 0 spiro atoms. The standard InChI is InChI=1S/C30H30N4O4/c1-2-37-30(36)23-11-14-24(15-12-23)31-28(35)21-38-26-10-6-7-22-13-16-27(32-29(22)26)34-19-17-33(18-20-34)25-8-4-3-5-9-25/h3-16H,2,17-21H2,1H3,(H,31,35). The van der Waals surface area contributed by atoms with Gasteiger partial charge in [0.2, 0.25) is 0 Å².